The predicted octanol–water partition coefficient (Wildman–Crippen LogP) is 7.98. The average molecular weight is 445 g/mol. The third kappa shape index (κ3) is 6.11. The highest BCUT2D eigenvalue weighted by molar-refractivity contribution is 5.99. The van der Waals surface area contributed by atoms with Gasteiger partial charge in [0.05, 0.1) is 24.2 Å². The van der Waals surface area contributed by atoms with Gasteiger partial charge in [-0.25, -0.2) is 5.01 Å². The van der Waals surface area contributed by atoms with Crippen molar-refractivity contribution in [3.8, 4) is 5.75 Å². The van der Waals surface area contributed by atoms with Gasteiger partial charge in [0.2, 0.25) is 0 Å². The van der Waals surface area contributed by atoms with Gasteiger partial charge in [-0.1, -0.05) is 85.0 Å². The van der Waals surface area contributed by atoms with Crippen LogP contribution in [0, 0.1) is 0 Å². The zero-order valence-electron chi connectivity index (χ0n) is 19.5. The van der Waals surface area contributed by atoms with Gasteiger partial charge in [0, 0.05) is 0 Å². The molecule has 3 heteroatoms. The molecule has 0 saturated carbocycles. The van der Waals surface area contributed by atoms with Crippen LogP contribution in [0.4, 0.5) is 11.4 Å². The lowest BCUT2D eigenvalue weighted by Gasteiger charge is -2.21. The smallest absolute Gasteiger partial charge is 0.118 e. The summed E-state index contributed by atoms with van der Waals surface area (Å²) in [7, 11) is 1.67. The fourth-order valence-corrected chi connectivity index (χ4v) is 3.50. The van der Waals surface area contributed by atoms with Gasteiger partial charge >= 0.3 is 0 Å². The fraction of sp³-hybridized carbons (Fsp3) is 0.0645. The third-order valence-electron chi connectivity index (χ3n) is 5.38. The van der Waals surface area contributed by atoms with Crippen LogP contribution in [0.5, 0.6) is 5.75 Å². The Morgan fingerprint density at radius 1 is 0.647 bits per heavy atom. The van der Waals surface area contributed by atoms with E-state index in [9.17, 15) is 0 Å². The number of methoxy groups -OCH3 is 1. The van der Waals surface area contributed by atoms with Crippen LogP contribution < -0.4 is 9.75 Å². The summed E-state index contributed by atoms with van der Waals surface area (Å²) in [4.78, 5) is 0. The van der Waals surface area contributed by atoms with Crippen molar-refractivity contribution in [1.82, 2.24) is 0 Å². The largest absolute Gasteiger partial charge is 0.497 e. The Labute approximate surface area is 202 Å². The molecular formula is C31H28N2O. The molecule has 0 N–H and O–H groups in total. The Kier molecular flexibility index (Phi) is 7.70. The molecular weight excluding hydrogens is 416 g/mol. The first-order valence-electron chi connectivity index (χ1n) is 11.3. The van der Waals surface area contributed by atoms with Crippen LogP contribution in [-0.4, -0.2) is 12.8 Å². The maximum absolute atomic E-state index is 5.28. The fourth-order valence-electron chi connectivity index (χ4n) is 3.50. The number of rotatable bonds is 8. The van der Waals surface area contributed by atoms with E-state index in [0.717, 1.165) is 34.0 Å². The molecule has 0 aliphatic heterocycles. The van der Waals surface area contributed by atoms with Gasteiger partial charge in [-0.15, -0.1) is 0 Å². The molecule has 0 aliphatic rings. The molecule has 3 nitrogen and oxygen atoms in total. The Morgan fingerprint density at radius 3 is 1.76 bits per heavy atom. The van der Waals surface area contributed by atoms with Crippen LogP contribution in [0.25, 0.3) is 12.2 Å². The van der Waals surface area contributed by atoms with Crippen molar-refractivity contribution in [2.45, 2.75) is 6.92 Å². The lowest BCUT2D eigenvalue weighted by atomic mass is 10.1. The van der Waals surface area contributed by atoms with Crippen LogP contribution in [0.2, 0.25) is 0 Å². The van der Waals surface area contributed by atoms with Gasteiger partial charge in [-0.05, 0) is 72.1 Å². The second-order valence-corrected chi connectivity index (χ2v) is 7.78. The zero-order chi connectivity index (χ0) is 23.6. The minimum absolute atomic E-state index is 0.832. The SMILES string of the molecule is COc1ccc(/C(C)=N\N(c2ccccc2)c2ccc(C=CC=Cc3ccccc3)cc2)cc1. The molecule has 0 heterocycles. The molecule has 0 fully saturated rings. The van der Waals surface area contributed by atoms with E-state index in [1.807, 2.05) is 72.6 Å². The minimum atomic E-state index is 0.832. The Balaban J connectivity index is 1.55. The van der Waals surface area contributed by atoms with Crippen molar-refractivity contribution in [1.29, 1.82) is 0 Å². The van der Waals surface area contributed by atoms with Gasteiger partial charge in [0.1, 0.15) is 5.75 Å². The van der Waals surface area contributed by atoms with Crippen molar-refractivity contribution < 1.29 is 4.74 Å². The maximum Gasteiger partial charge on any atom is 0.118 e. The summed E-state index contributed by atoms with van der Waals surface area (Å²) in [6.07, 6.45) is 8.31. The van der Waals surface area contributed by atoms with Crippen molar-refractivity contribution in [3.05, 3.63) is 138 Å². The van der Waals surface area contributed by atoms with Crippen LogP contribution in [0.3, 0.4) is 0 Å². The van der Waals surface area contributed by atoms with E-state index in [-0.39, 0.29) is 0 Å². The van der Waals surface area contributed by atoms with Gasteiger partial charge in [-0.3, -0.25) is 0 Å². The summed E-state index contributed by atoms with van der Waals surface area (Å²) in [5.41, 5.74) is 6.28. The van der Waals surface area contributed by atoms with Gasteiger partial charge in [-0.2, -0.15) is 5.10 Å². The van der Waals surface area contributed by atoms with Crippen LogP contribution in [0.1, 0.15) is 23.6 Å². The Morgan fingerprint density at radius 2 is 1.18 bits per heavy atom. The molecule has 34 heavy (non-hydrogen) atoms. The topological polar surface area (TPSA) is 24.8 Å². The molecule has 0 unspecified atom stereocenters. The van der Waals surface area contributed by atoms with E-state index < -0.39 is 0 Å². The summed E-state index contributed by atoms with van der Waals surface area (Å²) >= 11 is 0. The number of anilines is 2. The number of hydrogen-bond donors (Lipinski definition) is 0. The molecule has 4 rings (SSSR count). The van der Waals surface area contributed by atoms with E-state index in [4.69, 9.17) is 9.84 Å². The summed E-state index contributed by atoms with van der Waals surface area (Å²) in [5.74, 6) is 0.832. The van der Waals surface area contributed by atoms with Crippen LogP contribution >= 0.6 is 0 Å². The first-order chi connectivity index (χ1) is 16.7. The van der Waals surface area contributed by atoms with E-state index in [1.54, 1.807) is 7.11 Å². The third-order valence-corrected chi connectivity index (χ3v) is 5.38. The zero-order valence-corrected chi connectivity index (χ0v) is 19.5. The summed E-state index contributed by atoms with van der Waals surface area (Å²) in [6.45, 7) is 2.02. The monoisotopic (exact) mass is 444 g/mol. The lowest BCUT2D eigenvalue weighted by Crippen LogP contribution is -2.12. The molecule has 0 bridgehead atoms. The Bertz CT molecular complexity index is 1260. The molecule has 0 spiro atoms. The Hall–Kier alpha value is -4.37. The maximum atomic E-state index is 5.28. The first-order valence-corrected chi connectivity index (χ1v) is 11.3. The lowest BCUT2D eigenvalue weighted by molar-refractivity contribution is 0.415. The number of ether oxygens (including phenoxy) is 1. The standard InChI is InChI=1S/C31H28N2O/c1-25(28-19-23-31(34-2)24-20-28)32-33(29-15-7-4-8-16-29)30-21-17-27(18-22-30)14-10-9-13-26-11-5-3-6-12-26/h3-24H,1-2H3/b13-9?,14-10?,32-25-. The summed E-state index contributed by atoms with van der Waals surface area (Å²) < 4.78 is 5.28. The number of allylic oxidation sites excluding steroid dienone is 2. The first kappa shape index (κ1) is 22.8. The van der Waals surface area contributed by atoms with E-state index >= 15 is 0 Å². The van der Waals surface area contributed by atoms with E-state index in [2.05, 4.69) is 72.8 Å². The van der Waals surface area contributed by atoms with Crippen molar-refractivity contribution in [2.75, 3.05) is 12.1 Å². The molecule has 0 aliphatic carbocycles. The molecule has 0 saturated heterocycles. The van der Waals surface area contributed by atoms with Crippen molar-refractivity contribution in [3.63, 3.8) is 0 Å². The average Bonchev–Trinajstić information content (AvgIpc) is 2.91. The van der Waals surface area contributed by atoms with E-state index in [1.165, 1.54) is 5.56 Å². The quantitative estimate of drug-likeness (QED) is 0.156. The van der Waals surface area contributed by atoms with Gasteiger partial charge in [0.25, 0.3) is 0 Å². The molecule has 0 aromatic heterocycles. The second kappa shape index (κ2) is 11.5. The minimum Gasteiger partial charge on any atom is -0.497 e. The second-order valence-electron chi connectivity index (χ2n) is 7.78. The highest BCUT2D eigenvalue weighted by Crippen LogP contribution is 2.27. The normalized spacial score (nSPS) is 11.8. The number of nitrogens with zero attached hydrogens (tertiary/aromatic N) is 2. The van der Waals surface area contributed by atoms with Crippen LogP contribution in [-0.2, 0) is 0 Å². The highest BCUT2D eigenvalue weighted by Gasteiger charge is 2.09. The molecule has 168 valence electrons. The van der Waals surface area contributed by atoms with E-state index in [0.29, 0.717) is 0 Å². The molecule has 0 amide bonds. The molecule has 0 atom stereocenters. The van der Waals surface area contributed by atoms with Crippen molar-refractivity contribution >= 4 is 29.2 Å². The number of para-hydroxylation sites is 1. The highest BCUT2D eigenvalue weighted by atomic mass is 16.5. The summed E-state index contributed by atoms with van der Waals surface area (Å²) in [5, 5.41) is 6.94. The van der Waals surface area contributed by atoms with Gasteiger partial charge in [0.15, 0.2) is 0 Å². The molecule has 4 aromatic rings. The summed E-state index contributed by atoms with van der Waals surface area (Å²) in [6, 6.07) is 36.8. The number of hydrazone groups is 1. The van der Waals surface area contributed by atoms with Gasteiger partial charge < -0.3 is 4.74 Å². The number of hydrogen-bond acceptors (Lipinski definition) is 3. The predicted molar refractivity (Wildman–Crippen MR) is 145 cm³/mol. The van der Waals surface area contributed by atoms with Crippen molar-refractivity contribution in [2.24, 2.45) is 5.10 Å². The van der Waals surface area contributed by atoms with Crippen LogP contribution in [0.15, 0.2) is 126 Å². The molecule has 4 aromatic carbocycles. The number of benzene rings is 4. The molecule has 0 radical (unpaired) electrons.